The summed E-state index contributed by atoms with van der Waals surface area (Å²) in [5.41, 5.74) is -5.72. The maximum Gasteiger partial charge on any atom is 0.534 e. The molecule has 1 rings (SSSR count). The van der Waals surface area contributed by atoms with Gasteiger partial charge in [-0.2, -0.15) is 21.6 Å². The fourth-order valence-electron chi connectivity index (χ4n) is 0.921. The highest BCUT2D eigenvalue weighted by atomic mass is 32.2. The molecule has 0 aromatic heterocycles. The molecule has 0 aromatic rings. The predicted octanol–water partition coefficient (Wildman–Crippen LogP) is 0.975. The molecule has 0 aromatic carbocycles. The molecule has 0 bridgehead atoms. The summed E-state index contributed by atoms with van der Waals surface area (Å²) >= 11 is 0. The van der Waals surface area contributed by atoms with Gasteiger partial charge in [0.2, 0.25) is 0 Å². The summed E-state index contributed by atoms with van der Waals surface area (Å²) in [7, 11) is -6.03. The van der Waals surface area contributed by atoms with Crippen LogP contribution in [-0.2, 0) is 14.3 Å². The summed E-state index contributed by atoms with van der Waals surface area (Å²) in [5, 5.41) is 2.17. The molecule has 4 nitrogen and oxygen atoms in total. The average Bonchev–Trinajstić information content (AvgIpc) is 2.10. The third-order valence-corrected chi connectivity index (χ3v) is 2.60. The lowest BCUT2D eigenvalue weighted by Crippen LogP contribution is -2.36. The van der Waals surface area contributed by atoms with Gasteiger partial charge in [-0.15, -0.1) is 0 Å². The van der Waals surface area contributed by atoms with Gasteiger partial charge in [0.15, 0.2) is 17.8 Å². The molecule has 0 fully saturated rings. The summed E-state index contributed by atoms with van der Waals surface area (Å²) in [5.74, 6) is -2.86. The molecule has 1 aliphatic rings. The maximum atomic E-state index is 12.9. The van der Waals surface area contributed by atoms with Crippen LogP contribution in [0, 0.1) is 0 Å². The van der Waals surface area contributed by atoms with Gasteiger partial charge >= 0.3 is 15.6 Å². The van der Waals surface area contributed by atoms with Gasteiger partial charge in [-0.3, -0.25) is 0 Å². The Morgan fingerprint density at radius 1 is 1.38 bits per heavy atom. The molecule has 0 saturated heterocycles. The quantitative estimate of drug-likeness (QED) is 0.460. The van der Waals surface area contributed by atoms with Crippen LogP contribution in [0.2, 0.25) is 0 Å². The molecule has 0 amide bonds. The van der Waals surface area contributed by atoms with Crippen molar-refractivity contribution in [2.45, 2.75) is 11.7 Å². The zero-order chi connectivity index (χ0) is 12.6. The van der Waals surface area contributed by atoms with E-state index in [1.54, 1.807) is 0 Å². The van der Waals surface area contributed by atoms with Crippen LogP contribution in [0.15, 0.2) is 11.6 Å². The first-order valence-electron chi connectivity index (χ1n) is 3.89. The van der Waals surface area contributed by atoms with Crippen LogP contribution in [0.25, 0.3) is 0 Å². The van der Waals surface area contributed by atoms with Crippen molar-refractivity contribution >= 4 is 10.1 Å². The minimum Gasteiger partial charge on any atom is -0.375 e. The van der Waals surface area contributed by atoms with Gasteiger partial charge in [0, 0.05) is 6.54 Å². The molecular weight excluding hydrogens is 261 g/mol. The standard InChI is InChI=1S/C6H6F5NO3S/c7-3-1-12-2-4(8)5(3)15-16(13,14)6(9,10)11/h3,12H,1-2H2. The molecule has 1 heterocycles. The van der Waals surface area contributed by atoms with Crippen LogP contribution in [0.1, 0.15) is 0 Å². The molecule has 1 atom stereocenters. The fourth-order valence-corrected chi connectivity index (χ4v) is 1.45. The van der Waals surface area contributed by atoms with Crippen molar-refractivity contribution in [2.24, 2.45) is 0 Å². The van der Waals surface area contributed by atoms with E-state index in [-0.39, 0.29) is 0 Å². The molecule has 1 aliphatic heterocycles. The van der Waals surface area contributed by atoms with Crippen molar-refractivity contribution in [1.29, 1.82) is 0 Å². The number of hydrogen-bond donors (Lipinski definition) is 1. The molecule has 94 valence electrons. The Labute approximate surface area is 87.2 Å². The van der Waals surface area contributed by atoms with Crippen LogP contribution < -0.4 is 5.32 Å². The topological polar surface area (TPSA) is 55.4 Å². The van der Waals surface area contributed by atoms with Gasteiger partial charge in [0.1, 0.15) is 0 Å². The molecule has 1 N–H and O–H groups in total. The Morgan fingerprint density at radius 2 is 1.94 bits per heavy atom. The highest BCUT2D eigenvalue weighted by Gasteiger charge is 2.50. The van der Waals surface area contributed by atoms with E-state index in [4.69, 9.17) is 0 Å². The highest BCUT2D eigenvalue weighted by molar-refractivity contribution is 7.87. The largest absolute Gasteiger partial charge is 0.534 e. The molecule has 10 heteroatoms. The van der Waals surface area contributed by atoms with Gasteiger partial charge in [-0.1, -0.05) is 0 Å². The van der Waals surface area contributed by atoms with Gasteiger partial charge in [0.25, 0.3) is 0 Å². The van der Waals surface area contributed by atoms with E-state index in [1.807, 2.05) is 0 Å². The van der Waals surface area contributed by atoms with Gasteiger partial charge in [0.05, 0.1) is 6.54 Å². The molecule has 0 saturated carbocycles. The lowest BCUT2D eigenvalue weighted by Gasteiger charge is -2.20. The third-order valence-electron chi connectivity index (χ3n) is 1.64. The molecular formula is C6H6F5NO3S. The Bertz CT molecular complexity index is 401. The van der Waals surface area contributed by atoms with Gasteiger partial charge in [-0.25, -0.2) is 8.78 Å². The maximum absolute atomic E-state index is 12.9. The van der Waals surface area contributed by atoms with Crippen LogP contribution in [0.5, 0.6) is 0 Å². The zero-order valence-corrected chi connectivity index (χ0v) is 8.33. The summed E-state index contributed by atoms with van der Waals surface area (Å²) in [6, 6.07) is 0. The van der Waals surface area contributed by atoms with Crippen molar-refractivity contribution in [3.05, 3.63) is 11.6 Å². The van der Waals surface area contributed by atoms with Crippen molar-refractivity contribution in [3.8, 4) is 0 Å². The molecule has 0 spiro atoms. The van der Waals surface area contributed by atoms with Crippen molar-refractivity contribution in [1.82, 2.24) is 5.32 Å². The van der Waals surface area contributed by atoms with Crippen LogP contribution in [0.3, 0.4) is 0 Å². The number of alkyl halides is 4. The second-order valence-corrected chi connectivity index (χ2v) is 4.39. The van der Waals surface area contributed by atoms with Crippen molar-refractivity contribution in [3.63, 3.8) is 0 Å². The first-order chi connectivity index (χ1) is 7.15. The predicted molar refractivity (Wildman–Crippen MR) is 42.0 cm³/mol. The molecule has 16 heavy (non-hydrogen) atoms. The molecule has 0 radical (unpaired) electrons. The third kappa shape index (κ3) is 2.61. The van der Waals surface area contributed by atoms with E-state index in [1.165, 1.54) is 0 Å². The van der Waals surface area contributed by atoms with Crippen molar-refractivity contribution < 1.29 is 34.6 Å². The van der Waals surface area contributed by atoms with Crippen molar-refractivity contribution in [2.75, 3.05) is 13.1 Å². The molecule has 0 aliphatic carbocycles. The van der Waals surface area contributed by atoms with E-state index in [0.717, 1.165) is 0 Å². The minimum atomic E-state index is -6.03. The normalized spacial score (nSPS) is 23.4. The first-order valence-corrected chi connectivity index (χ1v) is 5.30. The number of nitrogens with one attached hydrogen (secondary N) is 1. The first kappa shape index (κ1) is 13.2. The molecule has 1 unspecified atom stereocenters. The summed E-state index contributed by atoms with van der Waals surface area (Å²) in [4.78, 5) is 0. The monoisotopic (exact) mass is 267 g/mol. The summed E-state index contributed by atoms with van der Waals surface area (Å²) < 4.78 is 85.6. The van der Waals surface area contributed by atoms with Crippen LogP contribution in [0.4, 0.5) is 22.0 Å². The Morgan fingerprint density at radius 3 is 2.38 bits per heavy atom. The smallest absolute Gasteiger partial charge is 0.375 e. The van der Waals surface area contributed by atoms with E-state index in [0.29, 0.717) is 0 Å². The fraction of sp³-hybridized carbons (Fsp3) is 0.667. The van der Waals surface area contributed by atoms with Crippen LogP contribution in [-0.4, -0.2) is 33.2 Å². The van der Waals surface area contributed by atoms with E-state index >= 15 is 0 Å². The average molecular weight is 267 g/mol. The second kappa shape index (κ2) is 4.17. The van der Waals surface area contributed by atoms with E-state index in [9.17, 15) is 30.4 Å². The Kier molecular flexibility index (Phi) is 3.43. The second-order valence-electron chi connectivity index (χ2n) is 2.85. The van der Waals surface area contributed by atoms with E-state index in [2.05, 4.69) is 9.50 Å². The van der Waals surface area contributed by atoms with Crippen LogP contribution >= 0.6 is 0 Å². The summed E-state index contributed by atoms with van der Waals surface area (Å²) in [6.07, 6.45) is -2.27. The Balaban J connectivity index is 2.97. The lowest BCUT2D eigenvalue weighted by molar-refractivity contribution is -0.0530. The summed E-state index contributed by atoms with van der Waals surface area (Å²) in [6.45, 7) is -1.10. The number of rotatable bonds is 2. The minimum absolute atomic E-state index is 0.518. The Hall–Kier alpha value is -0.900. The highest BCUT2D eigenvalue weighted by Crippen LogP contribution is 2.30. The number of halogens is 5. The zero-order valence-electron chi connectivity index (χ0n) is 7.51. The van der Waals surface area contributed by atoms with Gasteiger partial charge in [-0.05, 0) is 0 Å². The van der Waals surface area contributed by atoms with Gasteiger partial charge < -0.3 is 9.50 Å². The lowest BCUT2D eigenvalue weighted by atomic mass is 10.2. The SMILES string of the molecule is O=S(=O)(OC1=C(F)CNCC1F)C(F)(F)F. The number of hydrogen-bond acceptors (Lipinski definition) is 4. The van der Waals surface area contributed by atoms with E-state index < -0.39 is 46.5 Å².